The summed E-state index contributed by atoms with van der Waals surface area (Å²) in [5.74, 6) is -0.0537. The van der Waals surface area contributed by atoms with Gasteiger partial charge < -0.3 is 5.32 Å². The van der Waals surface area contributed by atoms with Crippen molar-refractivity contribution in [2.45, 2.75) is 51.6 Å². The van der Waals surface area contributed by atoms with Crippen LogP contribution >= 0.6 is 12.2 Å². The molecule has 0 aromatic heterocycles. The number of amides is 1. The summed E-state index contributed by atoms with van der Waals surface area (Å²) in [6.07, 6.45) is 4.16. The number of hydrazine groups is 1. The van der Waals surface area contributed by atoms with E-state index in [1.165, 1.54) is 19.3 Å². The van der Waals surface area contributed by atoms with E-state index in [0.717, 1.165) is 23.0 Å². The number of fused-ring (bicyclic) bond motifs is 1. The lowest BCUT2D eigenvalue weighted by molar-refractivity contribution is -0.122. The third kappa shape index (κ3) is 5.17. The van der Waals surface area contributed by atoms with Gasteiger partial charge in [-0.05, 0) is 50.4 Å². The second kappa shape index (κ2) is 9.15. The summed E-state index contributed by atoms with van der Waals surface area (Å²) in [6.45, 7) is 5.27. The fourth-order valence-electron chi connectivity index (χ4n) is 3.82. The predicted molar refractivity (Wildman–Crippen MR) is 116 cm³/mol. The molecule has 5 nitrogen and oxygen atoms in total. The van der Waals surface area contributed by atoms with Crippen LogP contribution in [-0.4, -0.2) is 34.5 Å². The van der Waals surface area contributed by atoms with E-state index in [2.05, 4.69) is 47.0 Å². The molecule has 3 rings (SSSR count). The Kier molecular flexibility index (Phi) is 6.63. The summed E-state index contributed by atoms with van der Waals surface area (Å²) >= 11 is 5.32. The van der Waals surface area contributed by atoms with Crippen molar-refractivity contribution in [2.24, 2.45) is 0 Å². The Morgan fingerprint density at radius 2 is 1.78 bits per heavy atom. The topological polar surface area (TPSA) is 56.4 Å². The van der Waals surface area contributed by atoms with Crippen LogP contribution in [0.3, 0.4) is 0 Å². The van der Waals surface area contributed by atoms with Gasteiger partial charge >= 0.3 is 0 Å². The Bertz CT molecular complexity index is 794. The molecule has 1 heterocycles. The first kappa shape index (κ1) is 19.6. The van der Waals surface area contributed by atoms with Crippen LogP contribution in [0.15, 0.2) is 42.5 Å². The van der Waals surface area contributed by atoms with Gasteiger partial charge in [0.15, 0.2) is 5.11 Å². The van der Waals surface area contributed by atoms with Crippen molar-refractivity contribution in [3.05, 3.63) is 42.5 Å². The van der Waals surface area contributed by atoms with E-state index in [1.54, 1.807) is 0 Å². The van der Waals surface area contributed by atoms with Crippen molar-refractivity contribution in [1.29, 1.82) is 0 Å². The number of likely N-dealkylation sites (tertiary alicyclic amines) is 1. The van der Waals surface area contributed by atoms with E-state index in [1.807, 2.05) is 30.3 Å². The Balaban J connectivity index is 1.46. The number of rotatable bonds is 4. The molecule has 27 heavy (non-hydrogen) atoms. The number of benzene rings is 2. The molecule has 2 atom stereocenters. The maximum absolute atomic E-state index is 12.2. The minimum absolute atomic E-state index is 0.0537. The van der Waals surface area contributed by atoms with Gasteiger partial charge in [0.1, 0.15) is 0 Å². The summed E-state index contributed by atoms with van der Waals surface area (Å²) in [5.41, 5.74) is 6.42. The summed E-state index contributed by atoms with van der Waals surface area (Å²) in [6, 6.07) is 15.2. The molecule has 0 bridgehead atoms. The minimum atomic E-state index is -0.0537. The van der Waals surface area contributed by atoms with Gasteiger partial charge in [0, 0.05) is 36.1 Å². The Morgan fingerprint density at radius 1 is 1.07 bits per heavy atom. The molecule has 3 N–H and O–H groups in total. The fraction of sp³-hybridized carbons (Fsp3) is 0.429. The predicted octanol–water partition coefficient (Wildman–Crippen LogP) is 3.81. The van der Waals surface area contributed by atoms with E-state index < -0.39 is 0 Å². The molecule has 2 aromatic carbocycles. The number of hydrogen-bond acceptors (Lipinski definition) is 3. The van der Waals surface area contributed by atoms with Crippen molar-refractivity contribution >= 4 is 39.7 Å². The lowest BCUT2D eigenvalue weighted by atomic mass is 9.97. The first-order chi connectivity index (χ1) is 13.0. The molecular weight excluding hydrogens is 356 g/mol. The van der Waals surface area contributed by atoms with Crippen LogP contribution in [0, 0.1) is 0 Å². The average molecular weight is 385 g/mol. The molecule has 0 unspecified atom stereocenters. The number of nitrogens with one attached hydrogen (secondary N) is 3. The quantitative estimate of drug-likeness (QED) is 0.553. The van der Waals surface area contributed by atoms with Crippen molar-refractivity contribution in [3.8, 4) is 0 Å². The number of nitrogens with zero attached hydrogens (tertiary/aromatic N) is 1. The molecule has 1 saturated heterocycles. The normalized spacial score (nSPS) is 20.2. The van der Waals surface area contributed by atoms with Gasteiger partial charge in [-0.3, -0.25) is 20.5 Å². The molecular formula is C21H28N4OS. The maximum Gasteiger partial charge on any atom is 0.239 e. The molecule has 1 aliphatic rings. The van der Waals surface area contributed by atoms with E-state index in [9.17, 15) is 4.79 Å². The van der Waals surface area contributed by atoms with Gasteiger partial charge in [-0.15, -0.1) is 0 Å². The first-order valence-electron chi connectivity index (χ1n) is 9.64. The standard InChI is InChI=1S/C21H28N4OS/c1-15-7-5-8-16(2)25(15)14-13-20(26)23-24-21(27)22-19-12-6-10-17-9-3-4-11-18(17)19/h3-4,6,9-12,15-16H,5,7-8,13-14H2,1-2H3,(H,23,26)(H2,22,24,27)/t15-,16-/m0/s1. The van der Waals surface area contributed by atoms with Gasteiger partial charge in [-0.2, -0.15) is 0 Å². The van der Waals surface area contributed by atoms with Crippen LogP contribution in [0.5, 0.6) is 0 Å². The largest absolute Gasteiger partial charge is 0.331 e. The van der Waals surface area contributed by atoms with E-state index >= 15 is 0 Å². The number of carbonyl (C=O) groups excluding carboxylic acids is 1. The molecule has 1 amide bonds. The van der Waals surface area contributed by atoms with Gasteiger partial charge in [-0.25, -0.2) is 0 Å². The van der Waals surface area contributed by atoms with Crippen molar-refractivity contribution in [3.63, 3.8) is 0 Å². The third-order valence-corrected chi connectivity index (χ3v) is 5.53. The van der Waals surface area contributed by atoms with Gasteiger partial charge in [0.05, 0.1) is 0 Å². The second-order valence-electron chi connectivity index (χ2n) is 7.27. The average Bonchev–Trinajstić information content (AvgIpc) is 2.66. The highest BCUT2D eigenvalue weighted by molar-refractivity contribution is 7.80. The van der Waals surface area contributed by atoms with E-state index in [-0.39, 0.29) is 5.91 Å². The number of thiocarbonyl (C=S) groups is 1. The highest BCUT2D eigenvalue weighted by Gasteiger charge is 2.24. The van der Waals surface area contributed by atoms with Crippen LogP contribution in [0.2, 0.25) is 0 Å². The summed E-state index contributed by atoms with van der Waals surface area (Å²) in [4.78, 5) is 14.6. The molecule has 2 aromatic rings. The molecule has 1 fully saturated rings. The summed E-state index contributed by atoms with van der Waals surface area (Å²) in [5, 5.41) is 5.75. The molecule has 0 spiro atoms. The fourth-order valence-corrected chi connectivity index (χ4v) is 3.98. The molecule has 0 radical (unpaired) electrons. The van der Waals surface area contributed by atoms with Crippen molar-refractivity contribution < 1.29 is 4.79 Å². The van der Waals surface area contributed by atoms with Crippen LogP contribution in [0.25, 0.3) is 10.8 Å². The highest BCUT2D eigenvalue weighted by atomic mass is 32.1. The van der Waals surface area contributed by atoms with E-state index in [0.29, 0.717) is 23.6 Å². The number of anilines is 1. The van der Waals surface area contributed by atoms with Crippen molar-refractivity contribution in [2.75, 3.05) is 11.9 Å². The SMILES string of the molecule is C[C@H]1CCC[C@H](C)N1CCC(=O)NNC(=S)Nc1cccc2ccccc12. The van der Waals surface area contributed by atoms with Crippen LogP contribution in [0.4, 0.5) is 5.69 Å². The van der Waals surface area contributed by atoms with Gasteiger partial charge in [0.2, 0.25) is 5.91 Å². The summed E-state index contributed by atoms with van der Waals surface area (Å²) in [7, 11) is 0. The van der Waals surface area contributed by atoms with Crippen molar-refractivity contribution in [1.82, 2.24) is 15.8 Å². The van der Waals surface area contributed by atoms with E-state index in [4.69, 9.17) is 12.2 Å². The second-order valence-corrected chi connectivity index (χ2v) is 7.68. The number of carbonyl (C=O) groups is 1. The van der Waals surface area contributed by atoms with Crippen LogP contribution in [-0.2, 0) is 4.79 Å². The Hall–Kier alpha value is -2.18. The van der Waals surface area contributed by atoms with Gasteiger partial charge in [0.25, 0.3) is 0 Å². The third-order valence-electron chi connectivity index (χ3n) is 5.33. The molecule has 0 saturated carbocycles. The zero-order valence-corrected chi connectivity index (χ0v) is 16.8. The number of hydrogen-bond donors (Lipinski definition) is 3. The zero-order chi connectivity index (χ0) is 19.2. The lowest BCUT2D eigenvalue weighted by Gasteiger charge is -2.38. The Morgan fingerprint density at radius 3 is 2.56 bits per heavy atom. The minimum Gasteiger partial charge on any atom is -0.331 e. The summed E-state index contributed by atoms with van der Waals surface area (Å²) < 4.78 is 0. The zero-order valence-electron chi connectivity index (χ0n) is 16.0. The van der Waals surface area contributed by atoms with Crippen LogP contribution < -0.4 is 16.2 Å². The first-order valence-corrected chi connectivity index (χ1v) is 10.0. The van der Waals surface area contributed by atoms with Crippen LogP contribution in [0.1, 0.15) is 39.5 Å². The smallest absolute Gasteiger partial charge is 0.239 e. The molecule has 1 aliphatic heterocycles. The molecule has 0 aliphatic carbocycles. The highest BCUT2D eigenvalue weighted by Crippen LogP contribution is 2.23. The van der Waals surface area contributed by atoms with Gasteiger partial charge in [-0.1, -0.05) is 42.8 Å². The maximum atomic E-state index is 12.2. The lowest BCUT2D eigenvalue weighted by Crippen LogP contribution is -2.47. The molecule has 6 heteroatoms. The molecule has 144 valence electrons. The number of piperidine rings is 1. The Labute approximate surface area is 166 Å². The monoisotopic (exact) mass is 384 g/mol.